The number of pyridine rings is 1. The molecule has 2 aromatic rings. The van der Waals surface area contributed by atoms with Gasteiger partial charge in [-0.2, -0.15) is 0 Å². The van der Waals surface area contributed by atoms with Crippen LogP contribution in [0.4, 0.5) is 5.69 Å². The minimum atomic E-state index is -3.68. The van der Waals surface area contributed by atoms with E-state index in [9.17, 15) is 8.42 Å². The fourth-order valence-corrected chi connectivity index (χ4v) is 3.28. The molecule has 0 amide bonds. The quantitative estimate of drug-likeness (QED) is 0.876. The van der Waals surface area contributed by atoms with E-state index in [0.29, 0.717) is 23.7 Å². The summed E-state index contributed by atoms with van der Waals surface area (Å²) in [7, 11) is -2.19. The number of aromatic nitrogens is 1. The van der Waals surface area contributed by atoms with Gasteiger partial charge in [-0.05, 0) is 30.2 Å². The Morgan fingerprint density at radius 1 is 1.29 bits per heavy atom. The summed E-state index contributed by atoms with van der Waals surface area (Å²) in [6, 6.07) is 8.21. The van der Waals surface area contributed by atoms with Crippen LogP contribution < -0.4 is 15.2 Å². The zero-order chi connectivity index (χ0) is 15.5. The number of hydrogen-bond donors (Lipinski definition) is 2. The van der Waals surface area contributed by atoms with Crippen LogP contribution in [0.1, 0.15) is 11.1 Å². The lowest BCUT2D eigenvalue weighted by Gasteiger charge is -2.12. The SMILES string of the molecule is COc1ccc(NS(=O)(=O)c2cccc(CN)c2C)cn1. The van der Waals surface area contributed by atoms with E-state index in [1.54, 1.807) is 31.2 Å². The van der Waals surface area contributed by atoms with E-state index in [2.05, 4.69) is 9.71 Å². The topological polar surface area (TPSA) is 94.3 Å². The Morgan fingerprint density at radius 2 is 2.05 bits per heavy atom. The molecular weight excluding hydrogens is 290 g/mol. The van der Waals surface area contributed by atoms with E-state index in [1.165, 1.54) is 13.3 Å². The molecule has 7 heteroatoms. The number of benzene rings is 1. The molecule has 0 aliphatic rings. The number of ether oxygens (including phenoxy) is 1. The van der Waals surface area contributed by atoms with Crippen LogP contribution in [-0.4, -0.2) is 20.5 Å². The van der Waals surface area contributed by atoms with Gasteiger partial charge in [0.1, 0.15) is 0 Å². The minimum Gasteiger partial charge on any atom is -0.481 e. The van der Waals surface area contributed by atoms with Gasteiger partial charge in [-0.15, -0.1) is 0 Å². The maximum absolute atomic E-state index is 12.4. The van der Waals surface area contributed by atoms with Crippen LogP contribution in [0, 0.1) is 6.92 Å². The number of sulfonamides is 1. The highest BCUT2D eigenvalue weighted by molar-refractivity contribution is 7.92. The molecule has 6 nitrogen and oxygen atoms in total. The van der Waals surface area contributed by atoms with Crippen molar-refractivity contribution in [2.75, 3.05) is 11.8 Å². The summed E-state index contributed by atoms with van der Waals surface area (Å²) in [6.07, 6.45) is 1.40. The van der Waals surface area contributed by atoms with Gasteiger partial charge in [-0.25, -0.2) is 13.4 Å². The third kappa shape index (κ3) is 3.32. The fraction of sp³-hybridized carbons (Fsp3) is 0.214. The molecule has 1 heterocycles. The first kappa shape index (κ1) is 15.3. The molecule has 0 atom stereocenters. The van der Waals surface area contributed by atoms with Crippen molar-refractivity contribution in [3.8, 4) is 5.88 Å². The number of nitrogens with one attached hydrogen (secondary N) is 1. The summed E-state index contributed by atoms with van der Waals surface area (Å²) >= 11 is 0. The minimum absolute atomic E-state index is 0.210. The molecule has 0 unspecified atom stereocenters. The Labute approximate surface area is 124 Å². The number of methoxy groups -OCH3 is 1. The molecule has 21 heavy (non-hydrogen) atoms. The molecule has 0 radical (unpaired) electrons. The maximum Gasteiger partial charge on any atom is 0.262 e. The molecule has 2 rings (SSSR count). The van der Waals surface area contributed by atoms with Crippen molar-refractivity contribution >= 4 is 15.7 Å². The molecule has 0 saturated carbocycles. The Bertz CT molecular complexity index is 728. The summed E-state index contributed by atoms with van der Waals surface area (Å²) in [5.41, 5.74) is 7.42. The number of anilines is 1. The summed E-state index contributed by atoms with van der Waals surface area (Å²) in [4.78, 5) is 4.17. The van der Waals surface area contributed by atoms with Gasteiger partial charge in [0.25, 0.3) is 10.0 Å². The van der Waals surface area contributed by atoms with Gasteiger partial charge in [-0.3, -0.25) is 4.72 Å². The average Bonchev–Trinajstić information content (AvgIpc) is 2.47. The van der Waals surface area contributed by atoms with Gasteiger partial charge in [0.15, 0.2) is 0 Å². The van der Waals surface area contributed by atoms with E-state index < -0.39 is 10.0 Å². The summed E-state index contributed by atoms with van der Waals surface area (Å²) in [5.74, 6) is 0.416. The first-order valence-corrected chi connectivity index (χ1v) is 7.77. The van der Waals surface area contributed by atoms with E-state index in [4.69, 9.17) is 10.5 Å². The molecule has 0 aliphatic heterocycles. The van der Waals surface area contributed by atoms with Crippen LogP contribution in [0.15, 0.2) is 41.4 Å². The Hall–Kier alpha value is -2.12. The van der Waals surface area contributed by atoms with E-state index in [0.717, 1.165) is 5.56 Å². The molecule has 1 aromatic heterocycles. The normalized spacial score (nSPS) is 11.2. The second kappa shape index (κ2) is 6.11. The van der Waals surface area contributed by atoms with Crippen molar-refractivity contribution in [1.29, 1.82) is 0 Å². The van der Waals surface area contributed by atoms with Crippen molar-refractivity contribution < 1.29 is 13.2 Å². The molecule has 0 aliphatic carbocycles. The van der Waals surface area contributed by atoms with Crippen LogP contribution in [0.5, 0.6) is 5.88 Å². The Kier molecular flexibility index (Phi) is 4.44. The molecule has 112 valence electrons. The molecule has 1 aromatic carbocycles. The average molecular weight is 307 g/mol. The van der Waals surface area contributed by atoms with Crippen molar-refractivity contribution in [2.24, 2.45) is 5.73 Å². The smallest absolute Gasteiger partial charge is 0.262 e. The zero-order valence-electron chi connectivity index (χ0n) is 11.8. The van der Waals surface area contributed by atoms with Gasteiger partial charge in [0.05, 0.1) is 23.9 Å². The number of nitrogens with zero attached hydrogens (tertiary/aromatic N) is 1. The molecule has 0 spiro atoms. The third-order valence-corrected chi connectivity index (χ3v) is 4.63. The van der Waals surface area contributed by atoms with E-state index in [-0.39, 0.29) is 4.90 Å². The largest absolute Gasteiger partial charge is 0.481 e. The van der Waals surface area contributed by atoms with Crippen LogP contribution in [-0.2, 0) is 16.6 Å². The van der Waals surface area contributed by atoms with Crippen molar-refractivity contribution in [2.45, 2.75) is 18.4 Å². The van der Waals surface area contributed by atoms with Gasteiger partial charge < -0.3 is 10.5 Å². The van der Waals surface area contributed by atoms with Gasteiger partial charge >= 0.3 is 0 Å². The summed E-state index contributed by atoms with van der Waals surface area (Å²) < 4.78 is 32.3. The summed E-state index contributed by atoms with van der Waals surface area (Å²) in [5, 5.41) is 0. The monoisotopic (exact) mass is 307 g/mol. The zero-order valence-corrected chi connectivity index (χ0v) is 12.6. The number of hydrogen-bond acceptors (Lipinski definition) is 5. The highest BCUT2D eigenvalue weighted by atomic mass is 32.2. The Balaban J connectivity index is 2.33. The highest BCUT2D eigenvalue weighted by Gasteiger charge is 2.18. The van der Waals surface area contributed by atoms with Crippen molar-refractivity contribution in [3.63, 3.8) is 0 Å². The van der Waals surface area contributed by atoms with Gasteiger partial charge in [0, 0.05) is 12.6 Å². The van der Waals surface area contributed by atoms with Crippen LogP contribution in [0.3, 0.4) is 0 Å². The molecule has 0 bridgehead atoms. The Morgan fingerprint density at radius 3 is 2.62 bits per heavy atom. The van der Waals surface area contributed by atoms with Crippen molar-refractivity contribution in [3.05, 3.63) is 47.7 Å². The standard InChI is InChI=1S/C14H17N3O3S/c1-10-11(8-15)4-3-5-13(10)21(18,19)17-12-6-7-14(20-2)16-9-12/h3-7,9,17H,8,15H2,1-2H3. The van der Waals surface area contributed by atoms with Crippen molar-refractivity contribution in [1.82, 2.24) is 4.98 Å². The molecule has 3 N–H and O–H groups in total. The maximum atomic E-state index is 12.4. The summed E-state index contributed by atoms with van der Waals surface area (Å²) in [6.45, 7) is 2.03. The van der Waals surface area contributed by atoms with Gasteiger partial charge in [0.2, 0.25) is 5.88 Å². The van der Waals surface area contributed by atoms with E-state index >= 15 is 0 Å². The molecule has 0 fully saturated rings. The third-order valence-electron chi connectivity index (χ3n) is 3.10. The number of rotatable bonds is 5. The first-order valence-electron chi connectivity index (χ1n) is 6.29. The van der Waals surface area contributed by atoms with Crippen LogP contribution in [0.25, 0.3) is 0 Å². The molecular formula is C14H17N3O3S. The number of nitrogens with two attached hydrogens (primary N) is 1. The first-order chi connectivity index (χ1) is 9.97. The predicted octanol–water partition coefficient (Wildman–Crippen LogP) is 1.66. The lowest BCUT2D eigenvalue weighted by atomic mass is 10.1. The van der Waals surface area contributed by atoms with E-state index in [1.807, 2.05) is 6.07 Å². The van der Waals surface area contributed by atoms with Gasteiger partial charge in [-0.1, -0.05) is 12.1 Å². The van der Waals surface area contributed by atoms with Crippen LogP contribution in [0.2, 0.25) is 0 Å². The predicted molar refractivity (Wildman–Crippen MR) is 80.7 cm³/mol. The second-order valence-electron chi connectivity index (χ2n) is 4.44. The second-order valence-corrected chi connectivity index (χ2v) is 6.09. The molecule has 0 saturated heterocycles. The highest BCUT2D eigenvalue weighted by Crippen LogP contribution is 2.22. The fourth-order valence-electron chi connectivity index (χ4n) is 1.94. The van der Waals surface area contributed by atoms with Crippen LogP contribution >= 0.6 is 0 Å². The lowest BCUT2D eigenvalue weighted by molar-refractivity contribution is 0.398. The lowest BCUT2D eigenvalue weighted by Crippen LogP contribution is -2.15.